The highest BCUT2D eigenvalue weighted by Crippen LogP contribution is 2.27. The van der Waals surface area contributed by atoms with Crippen molar-refractivity contribution in [1.29, 1.82) is 0 Å². The molecule has 19 heavy (non-hydrogen) atoms. The molecule has 0 N–H and O–H groups in total. The summed E-state index contributed by atoms with van der Waals surface area (Å²) in [4.78, 5) is 2.23. The van der Waals surface area contributed by atoms with Crippen LogP contribution in [0.1, 0.15) is 17.5 Å². The van der Waals surface area contributed by atoms with Gasteiger partial charge in [0.1, 0.15) is 5.75 Å². The number of ether oxygens (including phenoxy) is 1. The van der Waals surface area contributed by atoms with Gasteiger partial charge in [-0.15, -0.1) is 0 Å². The van der Waals surface area contributed by atoms with E-state index in [1.165, 1.54) is 0 Å². The number of nitrogens with zero attached hydrogens (tertiary/aromatic N) is 1. The molecule has 0 atom stereocenters. The minimum absolute atomic E-state index is 0.146. The SMILES string of the molecule is Cc1cc(S(=O)(=O)Cl)c(C)cc1OCCCN(C)C. The van der Waals surface area contributed by atoms with Crippen LogP contribution in [0.25, 0.3) is 0 Å². The Kier molecular flexibility index (Phi) is 5.64. The van der Waals surface area contributed by atoms with Crippen LogP contribution in [-0.2, 0) is 9.05 Å². The summed E-state index contributed by atoms with van der Waals surface area (Å²) in [6, 6.07) is 3.28. The molecular weight excluding hydrogens is 286 g/mol. The second-order valence-electron chi connectivity index (χ2n) is 4.83. The topological polar surface area (TPSA) is 46.6 Å². The van der Waals surface area contributed by atoms with Crippen molar-refractivity contribution in [2.45, 2.75) is 25.2 Å². The van der Waals surface area contributed by atoms with Gasteiger partial charge in [0.15, 0.2) is 0 Å². The van der Waals surface area contributed by atoms with Crippen molar-refractivity contribution in [3.8, 4) is 5.75 Å². The molecule has 108 valence electrons. The molecule has 0 aliphatic rings. The fraction of sp³-hybridized carbons (Fsp3) is 0.538. The first-order chi connectivity index (χ1) is 8.71. The highest BCUT2D eigenvalue weighted by Gasteiger charge is 2.15. The Bertz CT molecular complexity index is 541. The van der Waals surface area contributed by atoms with Crippen LogP contribution < -0.4 is 4.74 Å². The van der Waals surface area contributed by atoms with E-state index in [9.17, 15) is 8.42 Å². The predicted octanol–water partition coefficient (Wildman–Crippen LogP) is 2.56. The van der Waals surface area contributed by atoms with Gasteiger partial charge >= 0.3 is 0 Å². The van der Waals surface area contributed by atoms with Gasteiger partial charge in [-0.25, -0.2) is 8.42 Å². The zero-order valence-corrected chi connectivity index (χ0v) is 13.3. The van der Waals surface area contributed by atoms with Crippen molar-refractivity contribution in [2.24, 2.45) is 0 Å². The molecule has 6 heteroatoms. The Balaban J connectivity index is 2.80. The van der Waals surface area contributed by atoms with Gasteiger partial charge in [-0.1, -0.05) is 0 Å². The van der Waals surface area contributed by atoms with E-state index >= 15 is 0 Å². The summed E-state index contributed by atoms with van der Waals surface area (Å²) in [5, 5.41) is 0. The number of halogens is 1. The quantitative estimate of drug-likeness (QED) is 0.598. The van der Waals surface area contributed by atoms with Crippen molar-refractivity contribution in [1.82, 2.24) is 4.90 Å². The number of aryl methyl sites for hydroxylation is 2. The third kappa shape index (κ3) is 5.01. The highest BCUT2D eigenvalue weighted by atomic mass is 35.7. The van der Waals surface area contributed by atoms with Gasteiger partial charge in [-0.3, -0.25) is 0 Å². The lowest BCUT2D eigenvalue weighted by molar-refractivity contribution is 0.280. The van der Waals surface area contributed by atoms with Gasteiger partial charge in [0, 0.05) is 17.2 Å². The second kappa shape index (κ2) is 6.59. The number of benzene rings is 1. The zero-order chi connectivity index (χ0) is 14.6. The molecule has 0 amide bonds. The number of hydrogen-bond acceptors (Lipinski definition) is 4. The Morgan fingerprint density at radius 1 is 1.21 bits per heavy atom. The molecule has 0 radical (unpaired) electrons. The van der Waals surface area contributed by atoms with Crippen molar-refractivity contribution >= 4 is 19.7 Å². The van der Waals surface area contributed by atoms with Gasteiger partial charge in [0.25, 0.3) is 9.05 Å². The van der Waals surface area contributed by atoms with E-state index in [1.54, 1.807) is 19.1 Å². The average Bonchev–Trinajstić information content (AvgIpc) is 2.26. The van der Waals surface area contributed by atoms with Crippen molar-refractivity contribution in [2.75, 3.05) is 27.2 Å². The maximum atomic E-state index is 11.4. The summed E-state index contributed by atoms with van der Waals surface area (Å²) >= 11 is 0. The molecule has 0 saturated heterocycles. The summed E-state index contributed by atoms with van der Waals surface area (Å²) in [6.07, 6.45) is 0.918. The highest BCUT2D eigenvalue weighted by molar-refractivity contribution is 8.13. The van der Waals surface area contributed by atoms with E-state index in [0.29, 0.717) is 17.9 Å². The fourth-order valence-electron chi connectivity index (χ4n) is 1.74. The molecule has 0 fully saturated rings. The number of hydrogen-bond donors (Lipinski definition) is 0. The lowest BCUT2D eigenvalue weighted by Crippen LogP contribution is -2.15. The Hall–Kier alpha value is -0.780. The van der Waals surface area contributed by atoms with Gasteiger partial charge in [0.05, 0.1) is 11.5 Å². The van der Waals surface area contributed by atoms with E-state index in [2.05, 4.69) is 4.90 Å². The molecule has 0 heterocycles. The van der Waals surface area contributed by atoms with Gasteiger partial charge in [0.2, 0.25) is 0 Å². The Morgan fingerprint density at radius 2 is 1.84 bits per heavy atom. The van der Waals surface area contributed by atoms with Crippen LogP contribution in [-0.4, -0.2) is 40.6 Å². The van der Waals surface area contributed by atoms with Crippen molar-refractivity contribution in [3.05, 3.63) is 23.3 Å². The summed E-state index contributed by atoms with van der Waals surface area (Å²) in [7, 11) is 5.70. The standard InChI is InChI=1S/C13H20ClNO3S/c1-10-9-13(19(14,16)17)11(2)8-12(10)18-7-5-6-15(3)4/h8-9H,5-7H2,1-4H3. The predicted molar refractivity (Wildman–Crippen MR) is 77.6 cm³/mol. The first kappa shape index (κ1) is 16.3. The zero-order valence-electron chi connectivity index (χ0n) is 11.7. The number of rotatable bonds is 6. The van der Waals surface area contributed by atoms with Crippen LogP contribution in [0.15, 0.2) is 17.0 Å². The lowest BCUT2D eigenvalue weighted by Gasteiger charge is -2.13. The van der Waals surface area contributed by atoms with Crippen molar-refractivity contribution < 1.29 is 13.2 Å². The van der Waals surface area contributed by atoms with E-state index in [-0.39, 0.29) is 4.90 Å². The average molecular weight is 306 g/mol. The normalized spacial score (nSPS) is 11.9. The fourth-order valence-corrected chi connectivity index (χ4v) is 3.00. The third-order valence-electron chi connectivity index (χ3n) is 2.74. The maximum absolute atomic E-state index is 11.4. The van der Waals surface area contributed by atoms with Crippen LogP contribution in [0.5, 0.6) is 5.75 Å². The largest absolute Gasteiger partial charge is 0.493 e. The Morgan fingerprint density at radius 3 is 2.37 bits per heavy atom. The van der Waals surface area contributed by atoms with Crippen LogP contribution in [0.2, 0.25) is 0 Å². The molecule has 0 saturated carbocycles. The summed E-state index contributed by atoms with van der Waals surface area (Å²) < 4.78 is 28.4. The lowest BCUT2D eigenvalue weighted by atomic mass is 10.1. The summed E-state index contributed by atoms with van der Waals surface area (Å²) in [5.41, 5.74) is 1.37. The van der Waals surface area contributed by atoms with E-state index < -0.39 is 9.05 Å². The van der Waals surface area contributed by atoms with Gasteiger partial charge in [-0.05, 0) is 57.6 Å². The second-order valence-corrected chi connectivity index (χ2v) is 7.36. The van der Waals surface area contributed by atoms with Crippen LogP contribution in [0.4, 0.5) is 0 Å². The summed E-state index contributed by atoms with van der Waals surface area (Å²) in [6.45, 7) is 5.07. The van der Waals surface area contributed by atoms with Crippen LogP contribution in [0.3, 0.4) is 0 Å². The van der Waals surface area contributed by atoms with E-state index in [0.717, 1.165) is 18.5 Å². The summed E-state index contributed by atoms with van der Waals surface area (Å²) in [5.74, 6) is 0.709. The molecule has 1 aromatic carbocycles. The first-order valence-electron chi connectivity index (χ1n) is 6.05. The Labute approximate surface area is 119 Å². The van der Waals surface area contributed by atoms with Crippen LogP contribution >= 0.6 is 10.7 Å². The molecule has 0 aliphatic heterocycles. The first-order valence-corrected chi connectivity index (χ1v) is 8.36. The third-order valence-corrected chi connectivity index (χ3v) is 4.21. The molecule has 0 spiro atoms. The minimum atomic E-state index is -3.70. The van der Waals surface area contributed by atoms with Gasteiger partial charge < -0.3 is 9.64 Å². The van der Waals surface area contributed by atoms with Crippen LogP contribution in [0, 0.1) is 13.8 Å². The smallest absolute Gasteiger partial charge is 0.261 e. The molecule has 0 bridgehead atoms. The van der Waals surface area contributed by atoms with Crippen molar-refractivity contribution in [3.63, 3.8) is 0 Å². The van der Waals surface area contributed by atoms with Gasteiger partial charge in [-0.2, -0.15) is 0 Å². The minimum Gasteiger partial charge on any atom is -0.493 e. The molecule has 1 rings (SSSR count). The molecule has 0 aromatic heterocycles. The molecule has 0 aliphatic carbocycles. The van der Waals surface area contributed by atoms with E-state index in [1.807, 2.05) is 21.0 Å². The molecule has 0 unspecified atom stereocenters. The van der Waals surface area contributed by atoms with E-state index in [4.69, 9.17) is 15.4 Å². The molecular formula is C13H20ClNO3S. The molecule has 1 aromatic rings. The maximum Gasteiger partial charge on any atom is 0.261 e. The monoisotopic (exact) mass is 305 g/mol. The molecule has 4 nitrogen and oxygen atoms in total.